The Morgan fingerprint density at radius 2 is 1.00 bits per heavy atom. The number of thiophene rings is 1. The summed E-state index contributed by atoms with van der Waals surface area (Å²) < 4.78 is 2.61. The Labute approximate surface area is 373 Å². The van der Waals surface area contributed by atoms with Crippen LogP contribution in [0.25, 0.3) is 64.0 Å². The third-order valence-electron chi connectivity index (χ3n) is 13.5. The molecule has 0 spiro atoms. The van der Waals surface area contributed by atoms with Gasteiger partial charge in [0.2, 0.25) is 0 Å². The summed E-state index contributed by atoms with van der Waals surface area (Å²) in [5.74, 6) is 0. The molecule has 300 valence electrons. The number of rotatable bonds is 6. The summed E-state index contributed by atoms with van der Waals surface area (Å²) in [7, 11) is 0. The molecule has 0 saturated heterocycles. The van der Waals surface area contributed by atoms with Gasteiger partial charge in [-0.25, -0.2) is 0 Å². The molecule has 0 N–H and O–H groups in total. The van der Waals surface area contributed by atoms with E-state index in [2.05, 4.69) is 244 Å². The Hall–Kier alpha value is -7.26. The van der Waals surface area contributed by atoms with Crippen LogP contribution in [-0.2, 0) is 10.8 Å². The molecule has 63 heavy (non-hydrogen) atoms. The van der Waals surface area contributed by atoms with Gasteiger partial charge in [0.05, 0.1) is 16.8 Å². The van der Waals surface area contributed by atoms with E-state index in [0.29, 0.717) is 0 Å². The molecule has 0 radical (unpaired) electrons. The predicted molar refractivity (Wildman–Crippen MR) is 270 cm³/mol. The summed E-state index contributed by atoms with van der Waals surface area (Å²) in [5.41, 5.74) is 14.4. The lowest BCUT2D eigenvalue weighted by molar-refractivity contribution is 0.596. The van der Waals surface area contributed by atoms with Crippen LogP contribution in [0.4, 0.5) is 17.1 Å². The maximum absolute atomic E-state index is 2.57. The van der Waals surface area contributed by atoms with Crippen LogP contribution in [0, 0.1) is 0 Å². The van der Waals surface area contributed by atoms with Crippen LogP contribution in [0.3, 0.4) is 0 Å². The summed E-state index contributed by atoms with van der Waals surface area (Å²) in [6.45, 7) is 6.97. The first-order valence-corrected chi connectivity index (χ1v) is 22.8. The summed E-state index contributed by atoms with van der Waals surface area (Å²) in [5, 5.41) is 7.57. The maximum atomic E-state index is 2.57. The van der Waals surface area contributed by atoms with Crippen LogP contribution in [-0.4, -0.2) is 0 Å². The summed E-state index contributed by atoms with van der Waals surface area (Å²) in [6.07, 6.45) is 0. The van der Waals surface area contributed by atoms with Crippen molar-refractivity contribution in [1.82, 2.24) is 0 Å². The van der Waals surface area contributed by atoms with Crippen molar-refractivity contribution in [3.8, 4) is 22.3 Å². The van der Waals surface area contributed by atoms with Crippen LogP contribution >= 0.6 is 11.3 Å². The van der Waals surface area contributed by atoms with E-state index in [-0.39, 0.29) is 5.41 Å². The summed E-state index contributed by atoms with van der Waals surface area (Å²) >= 11 is 1.90. The highest BCUT2D eigenvalue weighted by Crippen LogP contribution is 2.58. The van der Waals surface area contributed by atoms with Gasteiger partial charge >= 0.3 is 0 Å². The van der Waals surface area contributed by atoms with Crippen molar-refractivity contribution >= 4 is 70.1 Å². The fourth-order valence-corrected chi connectivity index (χ4v) is 12.0. The summed E-state index contributed by atoms with van der Waals surface area (Å²) in [6, 6.07) is 81.7. The number of hydrogen-bond acceptors (Lipinski definition) is 2. The van der Waals surface area contributed by atoms with Crippen LogP contribution in [0.1, 0.15) is 48.6 Å². The second-order valence-corrected chi connectivity index (χ2v) is 19.0. The van der Waals surface area contributed by atoms with Crippen molar-refractivity contribution in [3.05, 3.63) is 246 Å². The second kappa shape index (κ2) is 14.4. The van der Waals surface area contributed by atoms with Crippen molar-refractivity contribution in [3.63, 3.8) is 0 Å². The zero-order chi connectivity index (χ0) is 42.3. The maximum Gasteiger partial charge on any atom is 0.0713 e. The van der Waals surface area contributed by atoms with Gasteiger partial charge in [0.1, 0.15) is 0 Å². The van der Waals surface area contributed by atoms with E-state index < -0.39 is 5.41 Å². The number of fused-ring (bicyclic) bond motifs is 8. The van der Waals surface area contributed by atoms with Gasteiger partial charge in [-0.15, -0.1) is 11.3 Å². The smallest absolute Gasteiger partial charge is 0.0713 e. The monoisotopic (exact) mass is 823 g/mol. The lowest BCUT2D eigenvalue weighted by Gasteiger charge is -2.34. The molecule has 1 aliphatic carbocycles. The van der Waals surface area contributed by atoms with Crippen LogP contribution < -0.4 is 4.90 Å². The van der Waals surface area contributed by atoms with Crippen molar-refractivity contribution in [2.75, 3.05) is 4.90 Å². The molecular weight excluding hydrogens is 779 g/mol. The molecule has 1 heterocycles. The molecule has 1 aliphatic rings. The Bertz CT molecular complexity index is 3510. The van der Waals surface area contributed by atoms with E-state index in [0.717, 1.165) is 17.1 Å². The molecule has 0 atom stereocenters. The first-order valence-electron chi connectivity index (χ1n) is 22.0. The molecule has 0 bridgehead atoms. The van der Waals surface area contributed by atoms with E-state index in [1.54, 1.807) is 0 Å². The summed E-state index contributed by atoms with van der Waals surface area (Å²) in [4.78, 5) is 2.57. The second-order valence-electron chi connectivity index (χ2n) is 18.0. The Balaban J connectivity index is 1.20. The molecule has 10 aromatic carbocycles. The fourth-order valence-electron chi connectivity index (χ4n) is 10.8. The normalized spacial score (nSPS) is 13.1. The zero-order valence-corrected chi connectivity index (χ0v) is 36.5. The Morgan fingerprint density at radius 3 is 1.76 bits per heavy atom. The molecule has 1 aromatic heterocycles. The highest BCUT2D eigenvalue weighted by Gasteiger charge is 2.46. The minimum absolute atomic E-state index is 0.0383. The van der Waals surface area contributed by atoms with Crippen LogP contribution in [0.5, 0.6) is 0 Å². The Morgan fingerprint density at radius 1 is 0.413 bits per heavy atom. The van der Waals surface area contributed by atoms with Crippen molar-refractivity contribution < 1.29 is 0 Å². The fraction of sp³-hybridized carbons (Fsp3) is 0.0820. The third-order valence-corrected chi connectivity index (χ3v) is 14.7. The number of nitrogens with zero attached hydrogens (tertiary/aromatic N) is 1. The third kappa shape index (κ3) is 5.68. The van der Waals surface area contributed by atoms with Gasteiger partial charge in [0.15, 0.2) is 0 Å². The minimum Gasteiger partial charge on any atom is -0.309 e. The van der Waals surface area contributed by atoms with Crippen LogP contribution in [0.2, 0.25) is 0 Å². The van der Waals surface area contributed by atoms with Crippen molar-refractivity contribution in [2.24, 2.45) is 0 Å². The first-order chi connectivity index (χ1) is 30.9. The zero-order valence-electron chi connectivity index (χ0n) is 35.6. The minimum atomic E-state index is -0.482. The Kier molecular flexibility index (Phi) is 8.58. The molecule has 0 saturated carbocycles. The van der Waals surface area contributed by atoms with Gasteiger partial charge in [-0.2, -0.15) is 0 Å². The largest absolute Gasteiger partial charge is 0.309 e. The highest BCUT2D eigenvalue weighted by molar-refractivity contribution is 7.26. The lowest BCUT2D eigenvalue weighted by Crippen LogP contribution is -2.28. The first kappa shape index (κ1) is 37.5. The van der Waals surface area contributed by atoms with E-state index in [9.17, 15) is 0 Å². The van der Waals surface area contributed by atoms with Gasteiger partial charge in [-0.05, 0) is 90.8 Å². The number of anilines is 3. The molecule has 2 heteroatoms. The molecule has 0 unspecified atom stereocenters. The van der Waals surface area contributed by atoms with Gasteiger partial charge in [0.25, 0.3) is 0 Å². The molecule has 1 nitrogen and oxygen atoms in total. The average Bonchev–Trinajstić information content (AvgIpc) is 3.86. The molecule has 12 rings (SSSR count). The van der Waals surface area contributed by atoms with E-state index in [1.807, 2.05) is 11.3 Å². The lowest BCUT2D eigenvalue weighted by atomic mass is 9.68. The van der Waals surface area contributed by atoms with Gasteiger partial charge in [-0.1, -0.05) is 209 Å². The van der Waals surface area contributed by atoms with Gasteiger partial charge in [-0.3, -0.25) is 0 Å². The topological polar surface area (TPSA) is 3.24 Å². The molecule has 0 amide bonds. The number of benzene rings is 10. The SMILES string of the molecule is CC(C)(C)c1ccc(N(c2ccc3c(c2)-c2ccccc2C3(c2ccccc2)c2ccccc2)c2ccc3ccccc3c2-c2cccc3c2sc2ccccc23)c2ccccc12. The molecule has 0 fully saturated rings. The van der Waals surface area contributed by atoms with E-state index in [1.165, 1.54) is 91.8 Å². The highest BCUT2D eigenvalue weighted by atomic mass is 32.1. The quantitative estimate of drug-likeness (QED) is 0.161. The molecular formula is C61H45NS. The number of hydrogen-bond donors (Lipinski definition) is 0. The predicted octanol–water partition coefficient (Wildman–Crippen LogP) is 17.2. The van der Waals surface area contributed by atoms with E-state index >= 15 is 0 Å². The van der Waals surface area contributed by atoms with Gasteiger partial charge < -0.3 is 4.90 Å². The van der Waals surface area contributed by atoms with Gasteiger partial charge in [0, 0.05) is 42.4 Å². The molecule has 11 aromatic rings. The van der Waals surface area contributed by atoms with Crippen LogP contribution in [0.15, 0.2) is 218 Å². The average molecular weight is 824 g/mol. The van der Waals surface area contributed by atoms with E-state index in [4.69, 9.17) is 0 Å². The standard InChI is InChI=1S/C61H45NS/c1-60(2,3)52-36-38-55(47-27-13-12-25-45(47)52)62(56-37-33-40-19-10-11-24-44(40)58(56)50-30-18-29-49-48-28-15-17-32-57(48)63-59(49)50)43-34-35-54-51(39-43)46-26-14-16-31-53(46)61(54,41-20-6-4-7-21-41)42-22-8-5-9-23-42/h4-39H,1-3H3. The molecule has 0 aliphatic heterocycles. The van der Waals surface area contributed by atoms with Crippen molar-refractivity contribution in [1.29, 1.82) is 0 Å². The van der Waals surface area contributed by atoms with Crippen molar-refractivity contribution in [2.45, 2.75) is 31.6 Å².